The van der Waals surface area contributed by atoms with Crippen LogP contribution in [0.15, 0.2) is 34.2 Å². The molecule has 141 valence electrons. The monoisotopic (exact) mass is 621 g/mol. The van der Waals surface area contributed by atoms with Crippen molar-refractivity contribution >= 4 is 21.6 Å². The van der Waals surface area contributed by atoms with Gasteiger partial charge in [-0.15, -0.1) is 0 Å². The molecule has 2 aliphatic rings. The summed E-state index contributed by atoms with van der Waals surface area (Å²) in [6, 6.07) is 6.07. The van der Waals surface area contributed by atoms with Crippen LogP contribution in [0.3, 0.4) is 0 Å². The second-order valence-corrected chi connectivity index (χ2v) is 8.43. The van der Waals surface area contributed by atoms with Crippen LogP contribution >= 0.6 is 0 Å². The maximum atomic E-state index is 12.1. The summed E-state index contributed by atoms with van der Waals surface area (Å²) in [5.74, 6) is -0.0154. The standard InChI is InChI=1S/C17H21N2O3S.CH3.W.Y/c1-12(20)14(11-17(2)9-5-6-10-17)18-16-13-7-3-4-8-15(13)23(21,22)19-16;;;/h3-4,7-8,14H,1,5-6,9-11H2,2H3,(H,18,19);1H3;;/q2*-1;;/t14-;;;/m0.../s1. The molecule has 3 rings (SSSR count). The molecule has 5 nitrogen and oxygen atoms in total. The summed E-state index contributed by atoms with van der Waals surface area (Å²) in [5, 5.41) is 0. The number of ketones is 1. The fourth-order valence-electron chi connectivity index (χ4n) is 3.52. The van der Waals surface area contributed by atoms with E-state index in [1.165, 1.54) is 12.8 Å². The largest absolute Gasteiger partial charge is 0.358 e. The van der Waals surface area contributed by atoms with Gasteiger partial charge in [-0.1, -0.05) is 31.9 Å². The van der Waals surface area contributed by atoms with Crippen LogP contribution in [0.4, 0.5) is 0 Å². The average Bonchev–Trinajstić information content (AvgIpc) is 3.01. The predicted octanol–water partition coefficient (Wildman–Crippen LogP) is 2.91. The molecule has 1 heterocycles. The molecule has 1 radical (unpaired) electrons. The molecule has 26 heavy (non-hydrogen) atoms. The molecule has 1 aromatic carbocycles. The normalized spacial score (nSPS) is 21.3. The molecule has 0 amide bonds. The van der Waals surface area contributed by atoms with Gasteiger partial charge in [0.2, 0.25) is 0 Å². The van der Waals surface area contributed by atoms with Gasteiger partial charge in [0, 0.05) is 65.1 Å². The first-order valence-electron chi connectivity index (χ1n) is 7.87. The molecular weight excluding hydrogens is 597 g/mol. The first kappa shape index (κ1) is 26.0. The molecule has 1 saturated carbocycles. The van der Waals surface area contributed by atoms with E-state index in [0.717, 1.165) is 12.8 Å². The molecule has 0 aromatic heterocycles. The molecule has 0 bridgehead atoms. The van der Waals surface area contributed by atoms with Crippen LogP contribution in [-0.4, -0.2) is 26.1 Å². The van der Waals surface area contributed by atoms with Gasteiger partial charge < -0.3 is 19.1 Å². The number of hydrogen-bond donors (Lipinski definition) is 1. The molecule has 1 aliphatic heterocycles. The van der Waals surface area contributed by atoms with Crippen molar-refractivity contribution in [2.45, 2.75) is 50.0 Å². The molecule has 1 fully saturated rings. The van der Waals surface area contributed by atoms with Gasteiger partial charge in [-0.3, -0.25) is 9.71 Å². The minimum absolute atomic E-state index is 0. The van der Waals surface area contributed by atoms with Gasteiger partial charge in [-0.2, -0.15) is 0 Å². The van der Waals surface area contributed by atoms with Gasteiger partial charge in [0.1, 0.15) is 5.84 Å². The van der Waals surface area contributed by atoms with Crippen LogP contribution in [0.5, 0.6) is 0 Å². The molecule has 1 aromatic rings. The first-order valence-corrected chi connectivity index (χ1v) is 9.35. The number of rotatable bonds is 4. The third-order valence-corrected chi connectivity index (χ3v) is 6.21. The second-order valence-electron chi connectivity index (χ2n) is 6.78. The number of carbonyl (C=O) groups excluding carboxylic acids is 1. The zero-order chi connectivity index (χ0) is 16.7. The Balaban J connectivity index is 0.00000208. The van der Waals surface area contributed by atoms with E-state index in [-0.39, 0.29) is 83.1 Å². The van der Waals surface area contributed by atoms with Gasteiger partial charge >= 0.3 is 0 Å². The summed E-state index contributed by atoms with van der Waals surface area (Å²) >= 11 is 0. The SMILES string of the molecule is [CH2-]C(=O)[C@H](CC1(C)CCCC1)N=C1NS(=O)(=O)c2ccccc21.[CH3-].[W].[Y]. The Morgan fingerprint density at radius 1 is 1.31 bits per heavy atom. The molecule has 8 heteroatoms. The Morgan fingerprint density at radius 3 is 2.46 bits per heavy atom. The van der Waals surface area contributed by atoms with E-state index < -0.39 is 16.1 Å². The number of sulfonamides is 1. The van der Waals surface area contributed by atoms with Gasteiger partial charge in [0.15, 0.2) is 0 Å². The van der Waals surface area contributed by atoms with E-state index in [1.54, 1.807) is 24.3 Å². The van der Waals surface area contributed by atoms with Crippen LogP contribution in [0, 0.1) is 19.8 Å². The Kier molecular flexibility index (Phi) is 9.94. The molecule has 1 aliphatic carbocycles. The van der Waals surface area contributed by atoms with E-state index in [9.17, 15) is 13.2 Å². The summed E-state index contributed by atoms with van der Waals surface area (Å²) in [6.07, 6.45) is 5.10. The zero-order valence-corrected chi connectivity index (χ0v) is 21.8. The second kappa shape index (κ2) is 9.95. The Labute approximate surface area is 196 Å². The van der Waals surface area contributed by atoms with Gasteiger partial charge in [-0.05, 0) is 36.8 Å². The minimum atomic E-state index is -3.58. The summed E-state index contributed by atoms with van der Waals surface area (Å²) in [4.78, 5) is 16.6. The maximum Gasteiger partial charge on any atom is 0.263 e. The van der Waals surface area contributed by atoms with Crippen molar-refractivity contribution in [3.8, 4) is 0 Å². The number of hydrogen-bond acceptors (Lipinski definition) is 4. The fourth-order valence-corrected chi connectivity index (χ4v) is 4.76. The van der Waals surface area contributed by atoms with Crippen LogP contribution in [-0.2, 0) is 68.6 Å². The molecule has 1 atom stereocenters. The van der Waals surface area contributed by atoms with Crippen molar-refractivity contribution < 1.29 is 67.0 Å². The van der Waals surface area contributed by atoms with Crippen molar-refractivity contribution in [1.29, 1.82) is 0 Å². The van der Waals surface area contributed by atoms with Crippen molar-refractivity contribution in [3.63, 3.8) is 0 Å². The third-order valence-electron chi connectivity index (χ3n) is 4.82. The van der Waals surface area contributed by atoms with Crippen molar-refractivity contribution in [2.75, 3.05) is 0 Å². The third kappa shape index (κ3) is 5.50. The number of amidine groups is 1. The molecule has 1 N–H and O–H groups in total. The zero-order valence-electron chi connectivity index (χ0n) is 15.2. The van der Waals surface area contributed by atoms with E-state index in [2.05, 4.69) is 23.6 Å². The Bertz CT molecular complexity index is 774. The van der Waals surface area contributed by atoms with Crippen LogP contribution in [0.2, 0.25) is 0 Å². The molecular formula is C18H24N2O3SWY-2. The topological polar surface area (TPSA) is 75.6 Å². The van der Waals surface area contributed by atoms with Crippen molar-refractivity contribution in [1.82, 2.24) is 4.72 Å². The van der Waals surface area contributed by atoms with Crippen LogP contribution in [0.1, 0.15) is 44.6 Å². The molecule has 0 spiro atoms. The van der Waals surface area contributed by atoms with Gasteiger partial charge in [-0.25, -0.2) is 8.42 Å². The van der Waals surface area contributed by atoms with E-state index in [4.69, 9.17) is 0 Å². The smallest absolute Gasteiger partial charge is 0.263 e. The van der Waals surface area contributed by atoms with Gasteiger partial charge in [0.05, 0.1) is 10.9 Å². The number of carbonyl (C=O) groups is 1. The van der Waals surface area contributed by atoms with Crippen LogP contribution < -0.4 is 4.72 Å². The molecule has 0 unspecified atom stereocenters. The van der Waals surface area contributed by atoms with E-state index >= 15 is 0 Å². The van der Waals surface area contributed by atoms with E-state index in [1.807, 2.05) is 0 Å². The maximum absolute atomic E-state index is 12.1. The van der Waals surface area contributed by atoms with E-state index in [0.29, 0.717) is 12.0 Å². The minimum Gasteiger partial charge on any atom is -0.358 e. The number of benzene rings is 1. The van der Waals surface area contributed by atoms with Crippen molar-refractivity contribution in [3.05, 3.63) is 44.2 Å². The summed E-state index contributed by atoms with van der Waals surface area (Å²) in [7, 11) is -3.58. The Morgan fingerprint density at radius 2 is 1.88 bits per heavy atom. The predicted molar refractivity (Wildman–Crippen MR) is 95.1 cm³/mol. The average molecular weight is 621 g/mol. The molecule has 0 saturated heterocycles. The first-order chi connectivity index (χ1) is 10.8. The number of Topliss-reactive ketones (excluding diaryl/α,β-unsaturated/α-hetero) is 1. The number of nitrogens with zero attached hydrogens (tertiary/aromatic N) is 1. The number of aliphatic imine (C=N–C) groups is 1. The summed E-state index contributed by atoms with van der Waals surface area (Å²) in [6.45, 7) is 5.69. The quantitative estimate of drug-likeness (QED) is 0.526. The van der Waals surface area contributed by atoms with Crippen LogP contribution in [0.25, 0.3) is 0 Å². The number of nitrogens with one attached hydrogen (secondary N) is 1. The summed E-state index contributed by atoms with van der Waals surface area (Å²) < 4.78 is 26.7. The summed E-state index contributed by atoms with van der Waals surface area (Å²) in [5.41, 5.74) is 0.606. The van der Waals surface area contributed by atoms with Crippen molar-refractivity contribution in [2.24, 2.45) is 10.4 Å². The number of fused-ring (bicyclic) bond motifs is 1. The fraction of sp³-hybridized carbons (Fsp3) is 0.444. The van der Waals surface area contributed by atoms with Gasteiger partial charge in [0.25, 0.3) is 10.0 Å². The Hall–Kier alpha value is -0.0278.